The van der Waals surface area contributed by atoms with Gasteiger partial charge >= 0.3 is 5.97 Å². The van der Waals surface area contributed by atoms with Crippen molar-refractivity contribution < 1.29 is 9.53 Å². The number of piperidine rings is 1. The topological polar surface area (TPSA) is 69.7 Å². The van der Waals surface area contributed by atoms with Crippen molar-refractivity contribution in [3.63, 3.8) is 0 Å². The quantitative estimate of drug-likeness (QED) is 0.491. The van der Waals surface area contributed by atoms with Gasteiger partial charge in [0.25, 0.3) is 0 Å². The largest absolute Gasteiger partial charge is 0.466 e. The van der Waals surface area contributed by atoms with Gasteiger partial charge < -0.3 is 19.9 Å². The highest BCUT2D eigenvalue weighted by Crippen LogP contribution is 2.19. The summed E-state index contributed by atoms with van der Waals surface area (Å²) < 4.78 is 5.15. The van der Waals surface area contributed by atoms with Crippen molar-refractivity contribution in [2.45, 2.75) is 33.2 Å². The standard InChI is InChI=1S/C20H28N4O2/c1-3-21-20(24-11-9-15(10-12-24)19(25)26-4-2)22-14-17-13-16-7-5-6-8-18(16)23-17/h5-8,13,15,23H,3-4,9-12,14H2,1-2H3,(H,21,22). The van der Waals surface area contributed by atoms with Crippen molar-refractivity contribution in [1.82, 2.24) is 15.2 Å². The van der Waals surface area contributed by atoms with Crippen LogP contribution in [0, 0.1) is 5.92 Å². The second-order valence-electron chi connectivity index (χ2n) is 6.57. The van der Waals surface area contributed by atoms with Crippen LogP contribution in [0.15, 0.2) is 35.3 Å². The third kappa shape index (κ3) is 4.36. The first-order valence-electron chi connectivity index (χ1n) is 9.47. The highest BCUT2D eigenvalue weighted by Gasteiger charge is 2.27. The van der Waals surface area contributed by atoms with Gasteiger partial charge in [-0.25, -0.2) is 4.99 Å². The number of rotatable bonds is 5. The number of carbonyl (C=O) groups excluding carboxylic acids is 1. The SMILES string of the molecule is CCNC(=NCc1cc2ccccc2[nH]1)N1CCC(C(=O)OCC)CC1. The Balaban J connectivity index is 1.63. The number of nitrogens with one attached hydrogen (secondary N) is 2. The van der Waals surface area contributed by atoms with Crippen LogP contribution in [0.1, 0.15) is 32.4 Å². The predicted octanol–water partition coefficient (Wildman–Crippen LogP) is 2.91. The van der Waals surface area contributed by atoms with Gasteiger partial charge in [-0.15, -0.1) is 0 Å². The van der Waals surface area contributed by atoms with Gasteiger partial charge in [0, 0.05) is 30.8 Å². The number of aromatic nitrogens is 1. The van der Waals surface area contributed by atoms with Gasteiger partial charge in [0.05, 0.1) is 19.1 Å². The molecule has 6 heteroatoms. The number of para-hydroxylation sites is 1. The van der Waals surface area contributed by atoms with E-state index in [0.717, 1.165) is 49.6 Å². The number of fused-ring (bicyclic) bond motifs is 1. The molecule has 0 atom stereocenters. The molecule has 2 heterocycles. The van der Waals surface area contributed by atoms with Gasteiger partial charge in [0.2, 0.25) is 0 Å². The molecule has 1 aromatic carbocycles. The Morgan fingerprint density at radius 3 is 2.77 bits per heavy atom. The molecule has 0 aliphatic carbocycles. The first-order chi connectivity index (χ1) is 12.7. The Bertz CT molecular complexity index is 727. The molecule has 0 saturated carbocycles. The van der Waals surface area contributed by atoms with Crippen LogP contribution in [0.25, 0.3) is 10.9 Å². The summed E-state index contributed by atoms with van der Waals surface area (Å²) in [6, 6.07) is 10.4. The Morgan fingerprint density at radius 1 is 1.31 bits per heavy atom. The third-order valence-electron chi connectivity index (χ3n) is 4.73. The number of hydrogen-bond donors (Lipinski definition) is 2. The number of carbonyl (C=O) groups is 1. The molecule has 1 aliphatic heterocycles. The summed E-state index contributed by atoms with van der Waals surface area (Å²) in [5.74, 6) is 0.864. The molecule has 2 N–H and O–H groups in total. The van der Waals surface area contributed by atoms with Crippen LogP contribution in [0.5, 0.6) is 0 Å². The second kappa shape index (κ2) is 8.74. The van der Waals surface area contributed by atoms with Crippen LogP contribution in [-0.4, -0.2) is 48.1 Å². The highest BCUT2D eigenvalue weighted by molar-refractivity contribution is 5.82. The average Bonchev–Trinajstić information content (AvgIpc) is 3.08. The van der Waals surface area contributed by atoms with E-state index in [1.165, 1.54) is 5.39 Å². The number of benzene rings is 1. The number of hydrogen-bond acceptors (Lipinski definition) is 3. The Kier molecular flexibility index (Phi) is 6.15. The zero-order valence-electron chi connectivity index (χ0n) is 15.6. The number of nitrogens with zero attached hydrogens (tertiary/aromatic N) is 2. The first kappa shape index (κ1) is 18.3. The van der Waals surface area contributed by atoms with Crippen LogP contribution >= 0.6 is 0 Å². The van der Waals surface area contributed by atoms with E-state index in [1.54, 1.807) is 0 Å². The van der Waals surface area contributed by atoms with E-state index < -0.39 is 0 Å². The summed E-state index contributed by atoms with van der Waals surface area (Å²) in [7, 11) is 0. The number of aromatic amines is 1. The molecule has 0 radical (unpaired) electrons. The fourth-order valence-corrected chi connectivity index (χ4v) is 3.39. The van der Waals surface area contributed by atoms with Gasteiger partial charge in [0.1, 0.15) is 0 Å². The second-order valence-corrected chi connectivity index (χ2v) is 6.57. The lowest BCUT2D eigenvalue weighted by Crippen LogP contribution is -2.46. The molecule has 140 valence electrons. The Morgan fingerprint density at radius 2 is 2.08 bits per heavy atom. The molecule has 6 nitrogen and oxygen atoms in total. The number of H-pyrrole nitrogens is 1. The molecular weight excluding hydrogens is 328 g/mol. The lowest BCUT2D eigenvalue weighted by Gasteiger charge is -2.33. The van der Waals surface area contributed by atoms with E-state index in [-0.39, 0.29) is 11.9 Å². The molecule has 1 saturated heterocycles. The third-order valence-corrected chi connectivity index (χ3v) is 4.73. The lowest BCUT2D eigenvalue weighted by molar-refractivity contribution is -0.149. The van der Waals surface area contributed by atoms with E-state index in [9.17, 15) is 4.79 Å². The van der Waals surface area contributed by atoms with Gasteiger partial charge in [-0.05, 0) is 44.2 Å². The molecule has 2 aromatic rings. The van der Waals surface area contributed by atoms with E-state index >= 15 is 0 Å². The van der Waals surface area contributed by atoms with Crippen molar-refractivity contribution >= 4 is 22.8 Å². The van der Waals surface area contributed by atoms with Crippen molar-refractivity contribution in [2.75, 3.05) is 26.2 Å². The number of esters is 1. The number of guanidine groups is 1. The zero-order valence-corrected chi connectivity index (χ0v) is 15.6. The van der Waals surface area contributed by atoms with E-state index in [4.69, 9.17) is 9.73 Å². The van der Waals surface area contributed by atoms with Crippen molar-refractivity contribution in [1.29, 1.82) is 0 Å². The van der Waals surface area contributed by atoms with Crippen molar-refractivity contribution in [3.8, 4) is 0 Å². The normalized spacial score (nSPS) is 16.1. The number of ether oxygens (including phenoxy) is 1. The highest BCUT2D eigenvalue weighted by atomic mass is 16.5. The summed E-state index contributed by atoms with van der Waals surface area (Å²) in [6.07, 6.45) is 1.63. The molecule has 26 heavy (non-hydrogen) atoms. The number of likely N-dealkylation sites (tertiary alicyclic amines) is 1. The first-order valence-corrected chi connectivity index (χ1v) is 9.47. The van der Waals surface area contributed by atoms with Crippen molar-refractivity contribution in [2.24, 2.45) is 10.9 Å². The van der Waals surface area contributed by atoms with Crippen LogP contribution in [0.2, 0.25) is 0 Å². The molecule has 0 amide bonds. The molecule has 3 rings (SSSR count). The van der Waals surface area contributed by atoms with Crippen LogP contribution < -0.4 is 5.32 Å². The number of aliphatic imine (C=N–C) groups is 1. The maximum atomic E-state index is 11.9. The molecular formula is C20H28N4O2. The zero-order chi connectivity index (χ0) is 18.4. The minimum atomic E-state index is -0.0628. The molecule has 0 spiro atoms. The van der Waals surface area contributed by atoms with E-state index in [2.05, 4.69) is 40.3 Å². The Hall–Kier alpha value is -2.50. The van der Waals surface area contributed by atoms with Crippen LogP contribution in [0.3, 0.4) is 0 Å². The molecule has 1 fully saturated rings. The monoisotopic (exact) mass is 356 g/mol. The molecule has 1 aliphatic rings. The average molecular weight is 356 g/mol. The van der Waals surface area contributed by atoms with Gasteiger partial charge in [0.15, 0.2) is 5.96 Å². The molecule has 0 bridgehead atoms. The fraction of sp³-hybridized carbons (Fsp3) is 0.500. The molecule has 1 aromatic heterocycles. The van der Waals surface area contributed by atoms with Gasteiger partial charge in [-0.3, -0.25) is 4.79 Å². The minimum absolute atomic E-state index is 0.0165. The van der Waals surface area contributed by atoms with E-state index in [0.29, 0.717) is 13.2 Å². The van der Waals surface area contributed by atoms with Crippen LogP contribution in [0.4, 0.5) is 0 Å². The summed E-state index contributed by atoms with van der Waals surface area (Å²) in [4.78, 5) is 22.4. The fourth-order valence-electron chi connectivity index (χ4n) is 3.39. The maximum absolute atomic E-state index is 11.9. The summed E-state index contributed by atoms with van der Waals surface area (Å²) in [5, 5.41) is 4.58. The molecule has 0 unspecified atom stereocenters. The summed E-state index contributed by atoms with van der Waals surface area (Å²) in [6.45, 7) is 7.45. The van der Waals surface area contributed by atoms with Crippen molar-refractivity contribution in [3.05, 3.63) is 36.0 Å². The maximum Gasteiger partial charge on any atom is 0.309 e. The summed E-state index contributed by atoms with van der Waals surface area (Å²) >= 11 is 0. The minimum Gasteiger partial charge on any atom is -0.466 e. The summed E-state index contributed by atoms with van der Waals surface area (Å²) in [5.41, 5.74) is 2.24. The smallest absolute Gasteiger partial charge is 0.309 e. The predicted molar refractivity (Wildman–Crippen MR) is 104 cm³/mol. The lowest BCUT2D eigenvalue weighted by atomic mass is 9.97. The van der Waals surface area contributed by atoms with E-state index in [1.807, 2.05) is 19.1 Å². The van der Waals surface area contributed by atoms with Gasteiger partial charge in [-0.1, -0.05) is 18.2 Å². The Labute approximate surface area is 154 Å². The van der Waals surface area contributed by atoms with Gasteiger partial charge in [-0.2, -0.15) is 0 Å². The van der Waals surface area contributed by atoms with Crippen LogP contribution in [-0.2, 0) is 16.1 Å².